The maximum atomic E-state index is 12.2. The maximum absolute atomic E-state index is 12.2. The summed E-state index contributed by atoms with van der Waals surface area (Å²) in [7, 11) is 0. The number of hydrogen-bond acceptors (Lipinski definition) is 4. The van der Waals surface area contributed by atoms with E-state index in [1.807, 2.05) is 49.4 Å². The van der Waals surface area contributed by atoms with Crippen LogP contribution in [0.3, 0.4) is 0 Å². The number of hydrogen-bond donors (Lipinski definition) is 1. The number of aromatic nitrogens is 3. The lowest BCUT2D eigenvalue weighted by molar-refractivity contribution is -0.115. The molecule has 1 N–H and O–H groups in total. The summed E-state index contributed by atoms with van der Waals surface area (Å²) in [4.78, 5) is 16.3. The third-order valence-electron chi connectivity index (χ3n) is 3.99. The molecule has 0 radical (unpaired) electrons. The highest BCUT2D eigenvalue weighted by atomic mass is 35.5. The number of amides is 1. The first-order valence-corrected chi connectivity index (χ1v) is 8.43. The van der Waals surface area contributed by atoms with Crippen molar-refractivity contribution in [3.05, 3.63) is 71.1 Å². The number of benzene rings is 2. The Morgan fingerprint density at radius 2 is 1.96 bits per heavy atom. The lowest BCUT2D eigenvalue weighted by atomic mass is 10.1. The number of fused-ring (bicyclic) bond motifs is 1. The van der Waals surface area contributed by atoms with E-state index in [0.29, 0.717) is 22.3 Å². The van der Waals surface area contributed by atoms with Crippen molar-refractivity contribution in [3.8, 4) is 11.5 Å². The van der Waals surface area contributed by atoms with E-state index in [1.54, 1.807) is 16.8 Å². The molecule has 0 atom stereocenters. The maximum Gasteiger partial charge on any atom is 0.246 e. The van der Waals surface area contributed by atoms with Crippen molar-refractivity contribution in [1.82, 2.24) is 14.6 Å². The quantitative estimate of drug-likeness (QED) is 0.589. The van der Waals surface area contributed by atoms with Gasteiger partial charge >= 0.3 is 0 Å². The Bertz CT molecular complexity index is 1080. The molecule has 4 aromatic rings. The normalized spacial score (nSPS) is 11.0. The average molecular weight is 367 g/mol. The Kier molecular flexibility index (Phi) is 4.18. The third kappa shape index (κ3) is 3.19. The fraction of sp³-hybridized carbons (Fsp3) is 0.105. The number of carbonyl (C=O) groups excluding carboxylic acids is 1. The Labute approximate surface area is 154 Å². The van der Waals surface area contributed by atoms with Gasteiger partial charge in [-0.3, -0.25) is 4.79 Å². The smallest absolute Gasteiger partial charge is 0.246 e. The number of aryl methyl sites for hydroxylation is 1. The van der Waals surface area contributed by atoms with Crippen LogP contribution in [-0.2, 0) is 11.2 Å². The molecule has 6 nitrogen and oxygen atoms in total. The van der Waals surface area contributed by atoms with Crippen molar-refractivity contribution in [2.45, 2.75) is 13.3 Å². The first kappa shape index (κ1) is 16.4. The van der Waals surface area contributed by atoms with Crippen LogP contribution in [0.5, 0.6) is 0 Å². The second-order valence-corrected chi connectivity index (χ2v) is 6.26. The fourth-order valence-electron chi connectivity index (χ4n) is 2.65. The van der Waals surface area contributed by atoms with Gasteiger partial charge in [0.2, 0.25) is 17.5 Å². The number of anilines is 1. The minimum absolute atomic E-state index is 0.127. The molecule has 4 rings (SSSR count). The first-order valence-electron chi connectivity index (χ1n) is 8.05. The van der Waals surface area contributed by atoms with Crippen LogP contribution in [0.2, 0.25) is 5.02 Å². The van der Waals surface area contributed by atoms with Crippen LogP contribution >= 0.6 is 11.6 Å². The zero-order valence-electron chi connectivity index (χ0n) is 13.9. The predicted molar refractivity (Wildman–Crippen MR) is 99.2 cm³/mol. The molecule has 0 aliphatic rings. The predicted octanol–water partition coefficient (Wildman–Crippen LogP) is 4.13. The molecule has 26 heavy (non-hydrogen) atoms. The number of nitrogens with zero attached hydrogens (tertiary/aromatic N) is 3. The molecule has 0 fully saturated rings. The van der Waals surface area contributed by atoms with Gasteiger partial charge in [-0.05, 0) is 42.8 Å². The number of carbonyl (C=O) groups is 1. The summed E-state index contributed by atoms with van der Waals surface area (Å²) in [6, 6.07) is 14.6. The van der Waals surface area contributed by atoms with Crippen molar-refractivity contribution < 1.29 is 9.21 Å². The average Bonchev–Trinajstić information content (AvgIpc) is 3.20. The van der Waals surface area contributed by atoms with Crippen LogP contribution in [0, 0.1) is 6.92 Å². The highest BCUT2D eigenvalue weighted by Crippen LogP contribution is 2.23. The zero-order valence-corrected chi connectivity index (χ0v) is 14.7. The van der Waals surface area contributed by atoms with E-state index in [0.717, 1.165) is 17.0 Å². The first-order chi connectivity index (χ1) is 12.6. The Balaban J connectivity index is 1.47. The molecule has 0 saturated carbocycles. The second kappa shape index (κ2) is 6.65. The van der Waals surface area contributed by atoms with Gasteiger partial charge in [-0.2, -0.15) is 4.52 Å². The second-order valence-electron chi connectivity index (χ2n) is 5.86. The molecular weight excluding hydrogens is 352 g/mol. The molecule has 2 aromatic heterocycles. The largest absolute Gasteiger partial charge is 0.417 e. The molecule has 2 aromatic carbocycles. The van der Waals surface area contributed by atoms with E-state index in [9.17, 15) is 4.79 Å². The van der Waals surface area contributed by atoms with E-state index in [1.165, 1.54) is 0 Å². The number of nitrogens with one attached hydrogen (secondary N) is 1. The molecule has 0 saturated heterocycles. The monoisotopic (exact) mass is 366 g/mol. The molecule has 7 heteroatoms. The van der Waals surface area contributed by atoms with Gasteiger partial charge in [0.05, 0.1) is 12.6 Å². The number of halogens is 1. The standard InChI is InChI=1S/C19H15ClN4O2/c1-12-21-11-18-24(12)23-19(26-18)13-6-8-15(9-7-13)22-17(25)10-14-4-2-3-5-16(14)20/h2-9,11H,10H2,1H3,(H,22,25). The van der Waals surface area contributed by atoms with Crippen LogP contribution in [0.1, 0.15) is 11.4 Å². The Hall–Kier alpha value is -3.12. The van der Waals surface area contributed by atoms with Gasteiger partial charge in [0.1, 0.15) is 5.82 Å². The van der Waals surface area contributed by atoms with Gasteiger partial charge in [-0.15, -0.1) is 5.10 Å². The lowest BCUT2D eigenvalue weighted by Gasteiger charge is -2.07. The van der Waals surface area contributed by atoms with Crippen LogP contribution < -0.4 is 5.32 Å². The minimum atomic E-state index is -0.127. The topological polar surface area (TPSA) is 72.4 Å². The van der Waals surface area contributed by atoms with Crippen molar-refractivity contribution in [2.24, 2.45) is 0 Å². The fourth-order valence-corrected chi connectivity index (χ4v) is 2.85. The summed E-state index contributed by atoms with van der Waals surface area (Å²) in [5.41, 5.74) is 2.90. The summed E-state index contributed by atoms with van der Waals surface area (Å²) in [6.45, 7) is 1.86. The zero-order chi connectivity index (χ0) is 18.1. The van der Waals surface area contributed by atoms with Crippen LogP contribution in [0.25, 0.3) is 17.2 Å². The Morgan fingerprint density at radius 3 is 2.69 bits per heavy atom. The summed E-state index contributed by atoms with van der Waals surface area (Å²) < 4.78 is 7.32. The van der Waals surface area contributed by atoms with Crippen molar-refractivity contribution in [2.75, 3.05) is 5.32 Å². The highest BCUT2D eigenvalue weighted by molar-refractivity contribution is 6.31. The molecule has 1 amide bonds. The van der Waals surface area contributed by atoms with Gasteiger partial charge in [-0.25, -0.2) is 4.98 Å². The van der Waals surface area contributed by atoms with Gasteiger partial charge in [0.15, 0.2) is 0 Å². The van der Waals surface area contributed by atoms with Crippen molar-refractivity contribution in [1.29, 1.82) is 0 Å². The van der Waals surface area contributed by atoms with E-state index in [2.05, 4.69) is 15.4 Å². The summed E-state index contributed by atoms with van der Waals surface area (Å²) >= 11 is 6.09. The molecule has 130 valence electrons. The van der Waals surface area contributed by atoms with Gasteiger partial charge in [0, 0.05) is 16.3 Å². The number of rotatable bonds is 4. The van der Waals surface area contributed by atoms with Crippen LogP contribution in [0.4, 0.5) is 5.69 Å². The lowest BCUT2D eigenvalue weighted by Crippen LogP contribution is -2.14. The molecule has 0 aliphatic carbocycles. The molecule has 2 heterocycles. The van der Waals surface area contributed by atoms with Crippen molar-refractivity contribution >= 4 is 28.9 Å². The molecule has 0 spiro atoms. The molecule has 0 bridgehead atoms. The molecule has 0 aliphatic heterocycles. The van der Waals surface area contributed by atoms with E-state index >= 15 is 0 Å². The molecule has 0 unspecified atom stereocenters. The SMILES string of the molecule is Cc1ncc2oc(-c3ccc(NC(=O)Cc4ccccc4Cl)cc3)nn12. The number of imidazole rings is 1. The van der Waals surface area contributed by atoms with E-state index < -0.39 is 0 Å². The van der Waals surface area contributed by atoms with Crippen LogP contribution in [0.15, 0.2) is 59.1 Å². The third-order valence-corrected chi connectivity index (χ3v) is 4.36. The minimum Gasteiger partial charge on any atom is -0.417 e. The summed E-state index contributed by atoms with van der Waals surface area (Å²) in [5, 5.41) is 7.83. The van der Waals surface area contributed by atoms with Crippen molar-refractivity contribution in [3.63, 3.8) is 0 Å². The summed E-state index contributed by atoms with van der Waals surface area (Å²) in [5.74, 6) is 1.14. The van der Waals surface area contributed by atoms with E-state index in [4.69, 9.17) is 16.0 Å². The van der Waals surface area contributed by atoms with Crippen LogP contribution in [-0.4, -0.2) is 20.5 Å². The van der Waals surface area contributed by atoms with Gasteiger partial charge in [-0.1, -0.05) is 29.8 Å². The Morgan fingerprint density at radius 1 is 1.19 bits per heavy atom. The van der Waals surface area contributed by atoms with Gasteiger partial charge in [0.25, 0.3) is 0 Å². The summed E-state index contributed by atoms with van der Waals surface area (Å²) in [6.07, 6.45) is 1.86. The molecular formula is C19H15ClN4O2. The van der Waals surface area contributed by atoms with E-state index in [-0.39, 0.29) is 12.3 Å². The van der Waals surface area contributed by atoms with Gasteiger partial charge < -0.3 is 9.73 Å². The highest BCUT2D eigenvalue weighted by Gasteiger charge is 2.11.